The van der Waals surface area contributed by atoms with Gasteiger partial charge < -0.3 is 10.2 Å². The number of nitrogens with zero attached hydrogens (tertiary/aromatic N) is 4. The fourth-order valence-corrected chi connectivity index (χ4v) is 4.50. The van der Waals surface area contributed by atoms with Gasteiger partial charge in [-0.3, -0.25) is 9.89 Å². The van der Waals surface area contributed by atoms with Crippen molar-refractivity contribution in [1.29, 1.82) is 0 Å². The van der Waals surface area contributed by atoms with Crippen molar-refractivity contribution >= 4 is 41.3 Å². The molecule has 0 unspecified atom stereocenters. The topological polar surface area (TPSA) is 43.8 Å². The molecule has 7 heteroatoms. The Morgan fingerprint density at radius 3 is 2.52 bits per heavy atom. The number of thiazole rings is 1. The van der Waals surface area contributed by atoms with E-state index in [9.17, 15) is 0 Å². The number of halogens is 1. The van der Waals surface area contributed by atoms with Crippen LogP contribution >= 0.6 is 35.3 Å². The van der Waals surface area contributed by atoms with E-state index >= 15 is 0 Å². The van der Waals surface area contributed by atoms with Crippen molar-refractivity contribution in [3.8, 4) is 0 Å². The summed E-state index contributed by atoms with van der Waals surface area (Å²) in [6, 6.07) is 0. The maximum absolute atomic E-state index is 5.00. The summed E-state index contributed by atoms with van der Waals surface area (Å²) in [7, 11) is 0. The number of hydrogen-bond acceptors (Lipinski definition) is 4. The van der Waals surface area contributed by atoms with Gasteiger partial charge in [-0.2, -0.15) is 0 Å². The highest BCUT2D eigenvalue weighted by atomic mass is 127. The van der Waals surface area contributed by atoms with E-state index in [0.717, 1.165) is 50.5 Å². The summed E-state index contributed by atoms with van der Waals surface area (Å²) in [6.07, 6.45) is 5.09. The molecule has 5 nitrogen and oxygen atoms in total. The van der Waals surface area contributed by atoms with Crippen molar-refractivity contribution in [2.45, 2.75) is 53.0 Å². The monoisotopic (exact) mass is 505 g/mol. The summed E-state index contributed by atoms with van der Waals surface area (Å²) in [5.74, 6) is 2.72. The van der Waals surface area contributed by atoms with E-state index in [4.69, 9.17) is 4.99 Å². The number of hydrogen-bond donors (Lipinski definition) is 1. The van der Waals surface area contributed by atoms with Crippen LogP contribution in [-0.2, 0) is 6.54 Å². The van der Waals surface area contributed by atoms with Crippen LogP contribution in [0.4, 0.5) is 0 Å². The number of aryl methyl sites for hydroxylation is 1. The Kier molecular flexibility index (Phi) is 9.79. The van der Waals surface area contributed by atoms with Gasteiger partial charge in [0.1, 0.15) is 0 Å². The first-order chi connectivity index (χ1) is 12.6. The van der Waals surface area contributed by atoms with Crippen molar-refractivity contribution in [2.24, 2.45) is 16.8 Å². The Balaban J connectivity index is 0.00000261. The molecule has 2 aliphatic rings. The van der Waals surface area contributed by atoms with Gasteiger partial charge >= 0.3 is 0 Å². The number of aliphatic imine (C=N–C) groups is 1. The average molecular weight is 506 g/mol. The van der Waals surface area contributed by atoms with Gasteiger partial charge in [0.2, 0.25) is 0 Å². The third kappa shape index (κ3) is 7.16. The van der Waals surface area contributed by atoms with E-state index in [2.05, 4.69) is 46.3 Å². The number of aromatic nitrogens is 1. The maximum atomic E-state index is 5.00. The molecule has 2 aliphatic heterocycles. The zero-order valence-corrected chi connectivity index (χ0v) is 20.3. The SMILES string of the molecule is CCNC(=NCC1CCN(Cc2csc(C)n2)CC1)N1CCC(C)CC1.I. The summed E-state index contributed by atoms with van der Waals surface area (Å²) < 4.78 is 0. The van der Waals surface area contributed by atoms with Crippen LogP contribution in [0.1, 0.15) is 50.2 Å². The lowest BCUT2D eigenvalue weighted by molar-refractivity contribution is 0.178. The van der Waals surface area contributed by atoms with Crippen molar-refractivity contribution in [1.82, 2.24) is 20.1 Å². The lowest BCUT2D eigenvalue weighted by Gasteiger charge is -2.34. The first-order valence-corrected chi connectivity index (χ1v) is 11.2. The van der Waals surface area contributed by atoms with Crippen molar-refractivity contribution in [3.63, 3.8) is 0 Å². The third-order valence-corrected chi connectivity index (χ3v) is 6.50. The van der Waals surface area contributed by atoms with E-state index in [-0.39, 0.29) is 24.0 Å². The van der Waals surface area contributed by atoms with E-state index < -0.39 is 0 Å². The van der Waals surface area contributed by atoms with E-state index in [1.165, 1.54) is 49.5 Å². The molecule has 0 atom stereocenters. The van der Waals surface area contributed by atoms with Crippen LogP contribution in [0.25, 0.3) is 0 Å². The molecule has 0 amide bonds. The zero-order chi connectivity index (χ0) is 18.4. The van der Waals surface area contributed by atoms with Gasteiger partial charge in [-0.1, -0.05) is 6.92 Å². The van der Waals surface area contributed by atoms with Crippen LogP contribution in [0, 0.1) is 18.8 Å². The van der Waals surface area contributed by atoms with Gasteiger partial charge in [-0.15, -0.1) is 35.3 Å². The Morgan fingerprint density at radius 2 is 1.93 bits per heavy atom. The van der Waals surface area contributed by atoms with Gasteiger partial charge in [0.05, 0.1) is 10.7 Å². The molecule has 0 bridgehead atoms. The molecule has 1 N–H and O–H groups in total. The highest BCUT2D eigenvalue weighted by Gasteiger charge is 2.22. The van der Waals surface area contributed by atoms with Crippen LogP contribution < -0.4 is 5.32 Å². The molecule has 1 aromatic rings. The van der Waals surface area contributed by atoms with Gasteiger partial charge in [0.25, 0.3) is 0 Å². The minimum absolute atomic E-state index is 0. The Bertz CT molecular complexity index is 575. The van der Waals surface area contributed by atoms with Gasteiger partial charge in [-0.25, -0.2) is 4.98 Å². The van der Waals surface area contributed by atoms with Gasteiger partial charge in [-0.05, 0) is 64.5 Å². The van der Waals surface area contributed by atoms with Crippen molar-refractivity contribution in [3.05, 3.63) is 16.1 Å². The Labute approximate surface area is 186 Å². The average Bonchev–Trinajstić information content (AvgIpc) is 3.05. The molecule has 2 saturated heterocycles. The fourth-order valence-electron chi connectivity index (χ4n) is 3.90. The number of guanidine groups is 1. The predicted octanol–water partition coefficient (Wildman–Crippen LogP) is 3.98. The standard InChI is InChI=1S/C20H35N5S.HI/c1-4-21-20(25-11-5-16(2)6-12-25)22-13-18-7-9-24(10-8-18)14-19-15-26-17(3)23-19;/h15-16,18H,4-14H2,1-3H3,(H,21,22);1H. The van der Waals surface area contributed by atoms with Crippen molar-refractivity contribution < 1.29 is 0 Å². The second kappa shape index (κ2) is 11.6. The van der Waals surface area contributed by atoms with Gasteiger partial charge in [0.15, 0.2) is 5.96 Å². The van der Waals surface area contributed by atoms with E-state index in [1.807, 2.05) is 0 Å². The van der Waals surface area contributed by atoms with Crippen LogP contribution in [0.3, 0.4) is 0 Å². The molecule has 0 spiro atoms. The first kappa shape index (κ1) is 22.9. The largest absolute Gasteiger partial charge is 0.357 e. The van der Waals surface area contributed by atoms with Crippen LogP contribution in [-0.4, -0.2) is 60.0 Å². The minimum Gasteiger partial charge on any atom is -0.357 e. The molecule has 0 aromatic carbocycles. The van der Waals surface area contributed by atoms with Crippen molar-refractivity contribution in [2.75, 3.05) is 39.3 Å². The summed E-state index contributed by atoms with van der Waals surface area (Å²) in [5, 5.41) is 6.88. The predicted molar refractivity (Wildman–Crippen MR) is 126 cm³/mol. The second-order valence-corrected chi connectivity index (χ2v) is 9.00. The van der Waals surface area contributed by atoms with Crippen LogP contribution in [0.5, 0.6) is 0 Å². The van der Waals surface area contributed by atoms with Crippen LogP contribution in [0.15, 0.2) is 10.4 Å². The fraction of sp³-hybridized carbons (Fsp3) is 0.800. The molecule has 0 aliphatic carbocycles. The smallest absolute Gasteiger partial charge is 0.193 e. The summed E-state index contributed by atoms with van der Waals surface area (Å²) in [5.41, 5.74) is 1.23. The molecule has 27 heavy (non-hydrogen) atoms. The minimum atomic E-state index is 0. The number of likely N-dealkylation sites (tertiary alicyclic amines) is 2. The zero-order valence-electron chi connectivity index (χ0n) is 17.1. The molecule has 1 aromatic heterocycles. The molecule has 154 valence electrons. The quantitative estimate of drug-likeness (QED) is 0.374. The number of piperidine rings is 2. The molecule has 0 radical (unpaired) electrons. The summed E-state index contributed by atoms with van der Waals surface area (Å²) >= 11 is 1.76. The number of rotatable bonds is 5. The summed E-state index contributed by atoms with van der Waals surface area (Å²) in [6.45, 7) is 14.2. The van der Waals surface area contributed by atoms with E-state index in [0.29, 0.717) is 0 Å². The third-order valence-electron chi connectivity index (χ3n) is 5.68. The summed E-state index contributed by atoms with van der Waals surface area (Å²) in [4.78, 5) is 14.6. The molecular weight excluding hydrogens is 469 g/mol. The molecule has 0 saturated carbocycles. The Hall–Kier alpha value is -0.410. The first-order valence-electron chi connectivity index (χ1n) is 10.3. The molecular formula is C20H36IN5S. The highest BCUT2D eigenvalue weighted by Crippen LogP contribution is 2.21. The van der Waals surface area contributed by atoms with Crippen LogP contribution in [0.2, 0.25) is 0 Å². The normalized spacial score (nSPS) is 20.6. The molecule has 2 fully saturated rings. The lowest BCUT2D eigenvalue weighted by Crippen LogP contribution is -2.45. The maximum Gasteiger partial charge on any atom is 0.193 e. The van der Waals surface area contributed by atoms with Gasteiger partial charge in [0, 0.05) is 38.1 Å². The molecule has 3 rings (SSSR count). The van der Waals surface area contributed by atoms with E-state index in [1.54, 1.807) is 11.3 Å². The molecule has 3 heterocycles. The second-order valence-electron chi connectivity index (χ2n) is 7.94. The highest BCUT2D eigenvalue weighted by molar-refractivity contribution is 14.0. The Morgan fingerprint density at radius 1 is 1.22 bits per heavy atom. The number of nitrogens with one attached hydrogen (secondary N) is 1. The lowest BCUT2D eigenvalue weighted by atomic mass is 9.97.